The molecule has 0 aliphatic carbocycles. The van der Waals surface area contributed by atoms with Gasteiger partial charge in [0.2, 0.25) is 10.0 Å². The third kappa shape index (κ3) is 4.22. The molecular formula is C12H15BrN2O5S. The summed E-state index contributed by atoms with van der Waals surface area (Å²) in [4.78, 5) is 9.89. The van der Waals surface area contributed by atoms with E-state index in [9.17, 15) is 18.5 Å². The van der Waals surface area contributed by atoms with E-state index in [0.717, 1.165) is 12.8 Å². The molecule has 0 saturated carbocycles. The summed E-state index contributed by atoms with van der Waals surface area (Å²) in [6.45, 7) is 0.894. The number of hydrogen-bond donors (Lipinski definition) is 1. The molecule has 0 aromatic heterocycles. The Kier molecular flexibility index (Phi) is 5.31. The van der Waals surface area contributed by atoms with Crippen LogP contribution < -0.4 is 4.72 Å². The van der Waals surface area contributed by atoms with Crippen molar-refractivity contribution in [1.82, 2.24) is 4.72 Å². The highest BCUT2D eigenvalue weighted by atomic mass is 79.9. The van der Waals surface area contributed by atoms with Gasteiger partial charge in [-0.3, -0.25) is 10.1 Å². The maximum absolute atomic E-state index is 12.2. The quantitative estimate of drug-likeness (QED) is 0.604. The molecule has 1 aliphatic rings. The molecule has 0 amide bonds. The van der Waals surface area contributed by atoms with Crippen molar-refractivity contribution in [2.75, 3.05) is 13.2 Å². The Bertz CT molecular complexity index is 629. The molecule has 1 unspecified atom stereocenters. The number of halogens is 1. The largest absolute Gasteiger partial charge is 0.378 e. The Morgan fingerprint density at radius 1 is 1.48 bits per heavy atom. The zero-order chi connectivity index (χ0) is 15.5. The van der Waals surface area contributed by atoms with Gasteiger partial charge in [0.1, 0.15) is 0 Å². The SMILES string of the molecule is O=[N+]([O-])c1ccc(Br)cc1S(=O)(=O)NCCC1CCCO1. The van der Waals surface area contributed by atoms with Crippen LogP contribution in [-0.4, -0.2) is 32.6 Å². The predicted molar refractivity (Wildman–Crippen MR) is 79.6 cm³/mol. The first-order chi connectivity index (χ1) is 9.90. The Hall–Kier alpha value is -1.03. The first kappa shape index (κ1) is 16.3. The number of benzene rings is 1. The Morgan fingerprint density at radius 3 is 2.86 bits per heavy atom. The molecule has 1 fully saturated rings. The average Bonchev–Trinajstić information content (AvgIpc) is 2.91. The first-order valence-electron chi connectivity index (χ1n) is 6.45. The van der Waals surface area contributed by atoms with Gasteiger partial charge in [0.15, 0.2) is 4.90 Å². The van der Waals surface area contributed by atoms with E-state index in [1.54, 1.807) is 0 Å². The molecule has 116 valence electrons. The summed E-state index contributed by atoms with van der Waals surface area (Å²) >= 11 is 3.13. The fraction of sp³-hybridized carbons (Fsp3) is 0.500. The van der Waals surface area contributed by atoms with Crippen LogP contribution in [0.25, 0.3) is 0 Å². The predicted octanol–water partition coefficient (Wildman–Crippen LogP) is 2.20. The smallest absolute Gasteiger partial charge is 0.289 e. The molecule has 1 heterocycles. The van der Waals surface area contributed by atoms with E-state index in [1.807, 2.05) is 0 Å². The molecule has 1 atom stereocenters. The number of nitrogens with zero attached hydrogens (tertiary/aromatic N) is 1. The summed E-state index contributed by atoms with van der Waals surface area (Å²) < 4.78 is 32.7. The lowest BCUT2D eigenvalue weighted by molar-refractivity contribution is -0.387. The molecule has 1 aliphatic heterocycles. The zero-order valence-corrected chi connectivity index (χ0v) is 13.5. The molecule has 9 heteroatoms. The van der Waals surface area contributed by atoms with Gasteiger partial charge >= 0.3 is 0 Å². The lowest BCUT2D eigenvalue weighted by Crippen LogP contribution is -2.27. The summed E-state index contributed by atoms with van der Waals surface area (Å²) in [5.41, 5.74) is -0.442. The molecule has 1 aromatic carbocycles. The van der Waals surface area contributed by atoms with Gasteiger partial charge < -0.3 is 4.74 Å². The Balaban J connectivity index is 2.11. The molecule has 0 radical (unpaired) electrons. The number of nitro groups is 1. The summed E-state index contributed by atoms with van der Waals surface area (Å²) in [6.07, 6.45) is 2.51. The number of hydrogen-bond acceptors (Lipinski definition) is 5. The minimum Gasteiger partial charge on any atom is -0.378 e. The second-order valence-corrected chi connectivity index (χ2v) is 7.34. The number of nitrogens with one attached hydrogen (secondary N) is 1. The minimum atomic E-state index is -3.93. The van der Waals surface area contributed by atoms with Crippen LogP contribution in [0.3, 0.4) is 0 Å². The van der Waals surface area contributed by atoms with E-state index in [-0.39, 0.29) is 17.5 Å². The van der Waals surface area contributed by atoms with Crippen LogP contribution in [0.2, 0.25) is 0 Å². The number of rotatable bonds is 6. The van der Waals surface area contributed by atoms with Crippen molar-refractivity contribution in [2.24, 2.45) is 0 Å². The van der Waals surface area contributed by atoms with Crippen LogP contribution in [-0.2, 0) is 14.8 Å². The van der Waals surface area contributed by atoms with Crippen molar-refractivity contribution < 1.29 is 18.1 Å². The van der Waals surface area contributed by atoms with Crippen molar-refractivity contribution >= 4 is 31.6 Å². The van der Waals surface area contributed by atoms with E-state index >= 15 is 0 Å². The molecule has 7 nitrogen and oxygen atoms in total. The maximum Gasteiger partial charge on any atom is 0.289 e. The van der Waals surface area contributed by atoms with Crippen LogP contribution in [0.1, 0.15) is 19.3 Å². The molecular weight excluding hydrogens is 364 g/mol. The van der Waals surface area contributed by atoms with Gasteiger partial charge in [0.05, 0.1) is 11.0 Å². The molecule has 1 N–H and O–H groups in total. The molecule has 1 aromatic rings. The second kappa shape index (κ2) is 6.82. The lowest BCUT2D eigenvalue weighted by Gasteiger charge is -2.11. The molecule has 0 spiro atoms. The standard InChI is InChI=1S/C12H15BrN2O5S/c13-9-3-4-11(15(16)17)12(8-9)21(18,19)14-6-5-10-2-1-7-20-10/h3-4,8,10,14H,1-2,5-7H2. The summed E-state index contributed by atoms with van der Waals surface area (Å²) in [7, 11) is -3.93. The summed E-state index contributed by atoms with van der Waals surface area (Å²) in [5.74, 6) is 0. The van der Waals surface area contributed by atoms with E-state index < -0.39 is 20.6 Å². The summed E-state index contributed by atoms with van der Waals surface area (Å²) in [6, 6.07) is 3.83. The van der Waals surface area contributed by atoms with E-state index in [4.69, 9.17) is 4.74 Å². The number of nitro benzene ring substituents is 1. The first-order valence-corrected chi connectivity index (χ1v) is 8.73. The van der Waals surface area contributed by atoms with Gasteiger partial charge in [-0.15, -0.1) is 0 Å². The molecule has 2 rings (SSSR count). The van der Waals surface area contributed by atoms with E-state index in [2.05, 4.69) is 20.7 Å². The lowest BCUT2D eigenvalue weighted by atomic mass is 10.2. The Morgan fingerprint density at radius 2 is 2.24 bits per heavy atom. The average molecular weight is 379 g/mol. The van der Waals surface area contributed by atoms with Crippen molar-refractivity contribution in [3.05, 3.63) is 32.8 Å². The molecule has 1 saturated heterocycles. The van der Waals surface area contributed by atoms with Crippen molar-refractivity contribution in [3.63, 3.8) is 0 Å². The highest BCUT2D eigenvalue weighted by Gasteiger charge is 2.26. The maximum atomic E-state index is 12.2. The topological polar surface area (TPSA) is 98.5 Å². The van der Waals surface area contributed by atoms with Gasteiger partial charge in [-0.25, -0.2) is 13.1 Å². The highest BCUT2D eigenvalue weighted by Crippen LogP contribution is 2.27. The third-order valence-corrected chi connectivity index (χ3v) is 5.17. The zero-order valence-electron chi connectivity index (χ0n) is 11.1. The molecule has 0 bridgehead atoms. The van der Waals surface area contributed by atoms with Crippen LogP contribution in [0.15, 0.2) is 27.6 Å². The number of ether oxygens (including phenoxy) is 1. The normalized spacial score (nSPS) is 18.8. The van der Waals surface area contributed by atoms with Crippen molar-refractivity contribution in [1.29, 1.82) is 0 Å². The Labute approximate surface area is 131 Å². The van der Waals surface area contributed by atoms with Crippen LogP contribution >= 0.6 is 15.9 Å². The van der Waals surface area contributed by atoms with Crippen LogP contribution in [0.4, 0.5) is 5.69 Å². The highest BCUT2D eigenvalue weighted by molar-refractivity contribution is 9.10. The van der Waals surface area contributed by atoms with Gasteiger partial charge in [0.25, 0.3) is 5.69 Å². The van der Waals surface area contributed by atoms with E-state index in [0.29, 0.717) is 17.5 Å². The van der Waals surface area contributed by atoms with Gasteiger partial charge in [-0.2, -0.15) is 0 Å². The number of sulfonamides is 1. The van der Waals surface area contributed by atoms with E-state index in [1.165, 1.54) is 18.2 Å². The van der Waals surface area contributed by atoms with Gasteiger partial charge in [-0.1, -0.05) is 15.9 Å². The monoisotopic (exact) mass is 378 g/mol. The fourth-order valence-electron chi connectivity index (χ4n) is 2.16. The van der Waals surface area contributed by atoms with Crippen molar-refractivity contribution in [3.8, 4) is 0 Å². The second-order valence-electron chi connectivity index (χ2n) is 4.69. The van der Waals surface area contributed by atoms with Crippen molar-refractivity contribution in [2.45, 2.75) is 30.3 Å². The van der Waals surface area contributed by atoms with Crippen LogP contribution in [0.5, 0.6) is 0 Å². The van der Waals surface area contributed by atoms with Crippen LogP contribution in [0, 0.1) is 10.1 Å². The fourth-order valence-corrected chi connectivity index (χ4v) is 3.91. The third-order valence-electron chi connectivity index (χ3n) is 3.19. The van der Waals surface area contributed by atoms with Gasteiger partial charge in [-0.05, 0) is 31.4 Å². The minimum absolute atomic E-state index is 0.0604. The summed E-state index contributed by atoms with van der Waals surface area (Å²) in [5, 5.41) is 10.9. The van der Waals surface area contributed by atoms with Gasteiger partial charge in [0, 0.05) is 23.7 Å². The molecule has 21 heavy (non-hydrogen) atoms.